The van der Waals surface area contributed by atoms with Crippen LogP contribution in [0.25, 0.3) is 22.0 Å². The van der Waals surface area contributed by atoms with Crippen LogP contribution in [0.1, 0.15) is 0 Å². The molecule has 3 aromatic rings. The predicted octanol–water partition coefficient (Wildman–Crippen LogP) is 1.24. The van der Waals surface area contributed by atoms with Crippen LogP contribution in [0, 0.1) is 0 Å². The van der Waals surface area contributed by atoms with E-state index >= 15 is 0 Å². The lowest BCUT2D eigenvalue weighted by atomic mass is 10.1. The molecule has 0 radical (unpaired) electrons. The first-order chi connectivity index (χ1) is 10.1. The van der Waals surface area contributed by atoms with Gasteiger partial charge in [0.15, 0.2) is 0 Å². The molecule has 0 amide bonds. The molecule has 6 nitrogen and oxygen atoms in total. The van der Waals surface area contributed by atoms with Crippen molar-refractivity contribution in [2.24, 2.45) is 0 Å². The Hall–Kier alpha value is -2.89. The summed E-state index contributed by atoms with van der Waals surface area (Å²) in [6.45, 7) is 0. The minimum atomic E-state index is -0.313. The Morgan fingerprint density at radius 1 is 1.10 bits per heavy atom. The van der Waals surface area contributed by atoms with Crippen LogP contribution in [-0.2, 0) is 0 Å². The molecule has 0 saturated heterocycles. The number of nitrogens with two attached hydrogens (primary N) is 1. The highest BCUT2D eigenvalue weighted by Gasteiger charge is 2.11. The van der Waals surface area contributed by atoms with E-state index < -0.39 is 0 Å². The number of hydrogen-bond donors (Lipinski definition) is 1. The topological polar surface area (TPSA) is 77.0 Å². The van der Waals surface area contributed by atoms with Gasteiger partial charge in [-0.1, -0.05) is 18.2 Å². The summed E-state index contributed by atoms with van der Waals surface area (Å²) in [6.07, 6.45) is 1.73. The summed E-state index contributed by atoms with van der Waals surface area (Å²) < 4.78 is 0. The summed E-state index contributed by atoms with van der Waals surface area (Å²) >= 11 is 0. The van der Waals surface area contributed by atoms with E-state index in [4.69, 9.17) is 5.84 Å². The summed E-state index contributed by atoms with van der Waals surface area (Å²) in [6, 6.07) is 11.1. The Kier molecular flexibility index (Phi) is 3.06. The van der Waals surface area contributed by atoms with Crippen molar-refractivity contribution in [3.8, 4) is 11.3 Å². The van der Waals surface area contributed by atoms with Crippen LogP contribution in [0.2, 0.25) is 0 Å². The van der Waals surface area contributed by atoms with Crippen LogP contribution >= 0.6 is 0 Å². The minimum Gasteiger partial charge on any atom is -0.363 e. The number of rotatable bonds is 2. The average Bonchev–Trinajstić information content (AvgIpc) is 2.51. The second-order valence-corrected chi connectivity index (χ2v) is 4.94. The highest BCUT2D eigenvalue weighted by Crippen LogP contribution is 2.24. The highest BCUT2D eigenvalue weighted by molar-refractivity contribution is 5.93. The first kappa shape index (κ1) is 13.1. The lowest BCUT2D eigenvalue weighted by Crippen LogP contribution is -2.30. The number of nitrogens with zero attached hydrogens (tertiary/aromatic N) is 4. The van der Waals surface area contributed by atoms with Crippen molar-refractivity contribution < 1.29 is 0 Å². The van der Waals surface area contributed by atoms with Crippen molar-refractivity contribution in [1.29, 1.82) is 0 Å². The molecule has 0 fully saturated rings. The molecule has 0 aliphatic rings. The molecular weight excluding hydrogens is 266 g/mol. The summed E-state index contributed by atoms with van der Waals surface area (Å²) in [4.78, 5) is 19.2. The predicted molar refractivity (Wildman–Crippen MR) is 83.7 cm³/mol. The van der Waals surface area contributed by atoms with E-state index in [-0.39, 0.29) is 5.56 Å². The molecule has 0 unspecified atom stereocenters. The molecule has 21 heavy (non-hydrogen) atoms. The zero-order chi connectivity index (χ0) is 15.0. The van der Waals surface area contributed by atoms with Gasteiger partial charge in [-0.05, 0) is 18.2 Å². The van der Waals surface area contributed by atoms with Gasteiger partial charge in [-0.25, -0.2) is 4.98 Å². The number of nitrogen functional groups attached to an aromatic ring is 1. The molecule has 3 rings (SSSR count). The third kappa shape index (κ3) is 2.20. The van der Waals surface area contributed by atoms with Crippen molar-refractivity contribution in [2.75, 3.05) is 24.8 Å². The molecule has 0 aliphatic carbocycles. The first-order valence-electron chi connectivity index (χ1n) is 6.49. The van der Waals surface area contributed by atoms with Gasteiger partial charge in [0.2, 0.25) is 0 Å². The summed E-state index contributed by atoms with van der Waals surface area (Å²) in [7, 11) is 3.85. The fraction of sp³-hybridized carbons (Fsp3) is 0.133. The Labute approximate surface area is 121 Å². The summed E-state index contributed by atoms with van der Waals surface area (Å²) in [5, 5.41) is 5.48. The molecular formula is C15H15N5O. The van der Waals surface area contributed by atoms with Crippen molar-refractivity contribution in [1.82, 2.24) is 14.9 Å². The molecule has 0 spiro atoms. The largest absolute Gasteiger partial charge is 0.363 e. The van der Waals surface area contributed by atoms with Gasteiger partial charge in [-0.2, -0.15) is 0 Å². The monoisotopic (exact) mass is 281 g/mol. The standard InChI is InChI=1S/C15H15N5O/c1-19(2)13-8-7-10(9-17-13)14-11-5-3-4-6-12(11)15(21)20(16)18-14/h3-9H,16H2,1-2H3. The van der Waals surface area contributed by atoms with Gasteiger partial charge in [-0.3, -0.25) is 4.79 Å². The minimum absolute atomic E-state index is 0.313. The van der Waals surface area contributed by atoms with Crippen LogP contribution in [0.4, 0.5) is 5.82 Å². The zero-order valence-corrected chi connectivity index (χ0v) is 11.8. The Bertz CT molecular complexity index is 852. The lowest BCUT2D eigenvalue weighted by Gasteiger charge is -2.12. The number of benzene rings is 1. The zero-order valence-electron chi connectivity index (χ0n) is 11.8. The normalized spacial score (nSPS) is 10.8. The van der Waals surface area contributed by atoms with Crippen LogP contribution in [0.3, 0.4) is 0 Å². The molecule has 0 bridgehead atoms. The maximum atomic E-state index is 12.0. The van der Waals surface area contributed by atoms with Crippen LogP contribution in [0.5, 0.6) is 0 Å². The Balaban J connectivity index is 2.25. The number of aromatic nitrogens is 3. The van der Waals surface area contributed by atoms with Gasteiger partial charge in [-0.15, -0.1) is 9.89 Å². The molecule has 1 aromatic carbocycles. The molecule has 2 aromatic heterocycles. The Morgan fingerprint density at radius 2 is 1.81 bits per heavy atom. The van der Waals surface area contributed by atoms with Crippen molar-refractivity contribution >= 4 is 16.6 Å². The number of pyridine rings is 1. The molecule has 0 atom stereocenters. The first-order valence-corrected chi connectivity index (χ1v) is 6.49. The molecule has 2 N–H and O–H groups in total. The molecule has 2 heterocycles. The van der Waals surface area contributed by atoms with Crippen LogP contribution in [-0.4, -0.2) is 29.0 Å². The SMILES string of the molecule is CN(C)c1ccc(-c2nn(N)c(=O)c3ccccc23)cn1. The highest BCUT2D eigenvalue weighted by atomic mass is 16.1. The number of fused-ring (bicyclic) bond motifs is 1. The quantitative estimate of drug-likeness (QED) is 0.715. The van der Waals surface area contributed by atoms with E-state index in [0.717, 1.165) is 21.6 Å². The number of anilines is 1. The van der Waals surface area contributed by atoms with E-state index in [1.165, 1.54) is 0 Å². The number of hydrogen-bond acceptors (Lipinski definition) is 5. The van der Waals surface area contributed by atoms with Gasteiger partial charge in [0, 0.05) is 31.2 Å². The summed E-state index contributed by atoms with van der Waals surface area (Å²) in [5.74, 6) is 6.52. The molecule has 106 valence electrons. The van der Waals surface area contributed by atoms with Gasteiger partial charge < -0.3 is 10.7 Å². The van der Waals surface area contributed by atoms with Gasteiger partial charge in [0.25, 0.3) is 5.56 Å². The van der Waals surface area contributed by atoms with Crippen molar-refractivity contribution in [2.45, 2.75) is 0 Å². The Morgan fingerprint density at radius 3 is 2.43 bits per heavy atom. The molecule has 0 saturated carbocycles. The molecule has 0 aliphatic heterocycles. The smallest absolute Gasteiger partial charge is 0.293 e. The third-order valence-corrected chi connectivity index (χ3v) is 3.31. The van der Waals surface area contributed by atoms with E-state index in [1.807, 2.05) is 43.3 Å². The van der Waals surface area contributed by atoms with Crippen molar-refractivity contribution in [3.05, 3.63) is 52.9 Å². The fourth-order valence-electron chi connectivity index (χ4n) is 2.21. The van der Waals surface area contributed by atoms with Gasteiger partial charge in [0.1, 0.15) is 11.5 Å². The van der Waals surface area contributed by atoms with E-state index in [9.17, 15) is 4.79 Å². The van der Waals surface area contributed by atoms with E-state index in [2.05, 4.69) is 10.1 Å². The van der Waals surface area contributed by atoms with Crippen LogP contribution < -0.4 is 16.3 Å². The van der Waals surface area contributed by atoms with Crippen molar-refractivity contribution in [3.63, 3.8) is 0 Å². The average molecular weight is 281 g/mol. The maximum absolute atomic E-state index is 12.0. The molecule has 6 heteroatoms. The van der Waals surface area contributed by atoms with E-state index in [1.54, 1.807) is 18.3 Å². The second-order valence-electron chi connectivity index (χ2n) is 4.94. The van der Waals surface area contributed by atoms with E-state index in [0.29, 0.717) is 11.1 Å². The maximum Gasteiger partial charge on any atom is 0.293 e. The summed E-state index contributed by atoms with van der Waals surface area (Å²) in [5.41, 5.74) is 1.15. The third-order valence-electron chi connectivity index (χ3n) is 3.31. The second kappa shape index (κ2) is 4.90. The van der Waals surface area contributed by atoms with Gasteiger partial charge >= 0.3 is 0 Å². The van der Waals surface area contributed by atoms with Crippen LogP contribution in [0.15, 0.2) is 47.4 Å². The lowest BCUT2D eigenvalue weighted by molar-refractivity contribution is 0.781. The van der Waals surface area contributed by atoms with Gasteiger partial charge in [0.05, 0.1) is 5.39 Å². The fourth-order valence-corrected chi connectivity index (χ4v) is 2.21.